The number of rotatable bonds is 5. The third-order valence-corrected chi connectivity index (χ3v) is 4.93. The van der Waals surface area contributed by atoms with Crippen molar-refractivity contribution in [3.05, 3.63) is 11.1 Å². The Kier molecular flexibility index (Phi) is 5.01. The number of nitrogens with zero attached hydrogens (tertiary/aromatic N) is 2. The van der Waals surface area contributed by atoms with Gasteiger partial charge in [-0.25, -0.2) is 4.98 Å². The molecule has 102 valence electrons. The van der Waals surface area contributed by atoms with Crippen molar-refractivity contribution in [2.45, 2.75) is 40.2 Å². The Bertz CT molecular complexity index is 364. The first-order valence-electron chi connectivity index (χ1n) is 7.11. The summed E-state index contributed by atoms with van der Waals surface area (Å²) in [5.41, 5.74) is 0. The molecule has 1 saturated heterocycles. The molecule has 1 aliphatic heterocycles. The first-order chi connectivity index (χ1) is 8.70. The van der Waals surface area contributed by atoms with Crippen molar-refractivity contribution in [2.75, 3.05) is 24.5 Å². The van der Waals surface area contributed by atoms with Gasteiger partial charge in [-0.2, -0.15) is 0 Å². The Balaban J connectivity index is 1.89. The summed E-state index contributed by atoms with van der Waals surface area (Å²) in [7, 11) is 0. The zero-order chi connectivity index (χ0) is 13.0. The Morgan fingerprint density at radius 3 is 3.00 bits per heavy atom. The summed E-state index contributed by atoms with van der Waals surface area (Å²) in [5, 5.41) is 4.65. The van der Waals surface area contributed by atoms with Crippen molar-refractivity contribution in [3.63, 3.8) is 0 Å². The van der Waals surface area contributed by atoms with Gasteiger partial charge in [0.1, 0.15) is 0 Å². The third kappa shape index (κ3) is 3.45. The lowest BCUT2D eigenvalue weighted by Gasteiger charge is -2.35. The van der Waals surface area contributed by atoms with Crippen LogP contribution in [0.3, 0.4) is 0 Å². The minimum atomic E-state index is 0.782. The Labute approximate surface area is 115 Å². The van der Waals surface area contributed by atoms with Crippen molar-refractivity contribution >= 4 is 16.5 Å². The van der Waals surface area contributed by atoms with Gasteiger partial charge in [0, 0.05) is 30.7 Å². The van der Waals surface area contributed by atoms with Gasteiger partial charge < -0.3 is 10.2 Å². The molecule has 0 amide bonds. The molecule has 2 atom stereocenters. The quantitative estimate of drug-likeness (QED) is 0.831. The van der Waals surface area contributed by atoms with Crippen LogP contribution in [-0.4, -0.2) is 24.6 Å². The van der Waals surface area contributed by atoms with Gasteiger partial charge in [-0.05, 0) is 31.2 Å². The number of hydrogen-bond donors (Lipinski definition) is 1. The van der Waals surface area contributed by atoms with Gasteiger partial charge >= 0.3 is 0 Å². The zero-order valence-electron chi connectivity index (χ0n) is 11.8. The maximum atomic E-state index is 4.58. The fraction of sp³-hybridized carbons (Fsp3) is 0.786. The van der Waals surface area contributed by atoms with Crippen LogP contribution >= 0.6 is 11.3 Å². The van der Waals surface area contributed by atoms with Gasteiger partial charge in [-0.3, -0.25) is 0 Å². The molecule has 2 rings (SSSR count). The first kappa shape index (κ1) is 13.8. The standard InChI is InChI=1S/C14H25N3S/c1-4-6-15-8-13-9-16-14(18-13)17-7-5-11(2)12(3)10-17/h9,11-12,15H,4-8,10H2,1-3H3. The van der Waals surface area contributed by atoms with Gasteiger partial charge in [0.05, 0.1) is 0 Å². The van der Waals surface area contributed by atoms with E-state index in [9.17, 15) is 0 Å². The number of piperidine rings is 1. The summed E-state index contributed by atoms with van der Waals surface area (Å²) in [6.45, 7) is 11.3. The van der Waals surface area contributed by atoms with Crippen molar-refractivity contribution in [3.8, 4) is 0 Å². The van der Waals surface area contributed by atoms with Gasteiger partial charge in [0.25, 0.3) is 0 Å². The second-order valence-corrected chi connectivity index (χ2v) is 6.57. The lowest BCUT2D eigenvalue weighted by Crippen LogP contribution is -2.38. The van der Waals surface area contributed by atoms with E-state index in [1.807, 2.05) is 17.5 Å². The van der Waals surface area contributed by atoms with E-state index >= 15 is 0 Å². The molecule has 1 aliphatic rings. The second kappa shape index (κ2) is 6.53. The van der Waals surface area contributed by atoms with Crippen LogP contribution < -0.4 is 10.2 Å². The lowest BCUT2D eigenvalue weighted by molar-refractivity contribution is 0.324. The van der Waals surface area contributed by atoms with E-state index in [-0.39, 0.29) is 0 Å². The van der Waals surface area contributed by atoms with Gasteiger partial charge in [-0.15, -0.1) is 11.3 Å². The largest absolute Gasteiger partial charge is 0.348 e. The number of thiazole rings is 1. The lowest BCUT2D eigenvalue weighted by atomic mass is 9.89. The molecular formula is C14H25N3S. The minimum absolute atomic E-state index is 0.782. The van der Waals surface area contributed by atoms with E-state index in [0.29, 0.717) is 0 Å². The predicted molar refractivity (Wildman–Crippen MR) is 79.3 cm³/mol. The van der Waals surface area contributed by atoms with E-state index in [2.05, 4.69) is 36.0 Å². The van der Waals surface area contributed by atoms with Crippen LogP contribution in [0.5, 0.6) is 0 Å². The fourth-order valence-corrected chi connectivity index (χ4v) is 3.26. The third-order valence-electron chi connectivity index (χ3n) is 3.87. The van der Waals surface area contributed by atoms with Crippen LogP contribution in [-0.2, 0) is 6.54 Å². The second-order valence-electron chi connectivity index (χ2n) is 5.48. The monoisotopic (exact) mass is 267 g/mol. The molecule has 18 heavy (non-hydrogen) atoms. The maximum absolute atomic E-state index is 4.58. The first-order valence-corrected chi connectivity index (χ1v) is 7.92. The average molecular weight is 267 g/mol. The highest BCUT2D eigenvalue weighted by molar-refractivity contribution is 7.15. The normalized spacial score (nSPS) is 24.5. The minimum Gasteiger partial charge on any atom is -0.348 e. The van der Waals surface area contributed by atoms with Crippen LogP contribution in [0.2, 0.25) is 0 Å². The number of anilines is 1. The number of hydrogen-bond acceptors (Lipinski definition) is 4. The summed E-state index contributed by atoms with van der Waals surface area (Å²) in [4.78, 5) is 8.39. The molecule has 4 heteroatoms. The topological polar surface area (TPSA) is 28.2 Å². The number of aromatic nitrogens is 1. The Morgan fingerprint density at radius 1 is 1.44 bits per heavy atom. The molecule has 1 aromatic rings. The van der Waals surface area contributed by atoms with Crippen LogP contribution in [0.15, 0.2) is 6.20 Å². The summed E-state index contributed by atoms with van der Waals surface area (Å²) in [6.07, 6.45) is 4.52. The highest BCUT2D eigenvalue weighted by atomic mass is 32.1. The molecule has 2 heterocycles. The fourth-order valence-electron chi connectivity index (χ4n) is 2.35. The van der Waals surface area contributed by atoms with E-state index < -0.39 is 0 Å². The van der Waals surface area contributed by atoms with Gasteiger partial charge in [0.15, 0.2) is 5.13 Å². The summed E-state index contributed by atoms with van der Waals surface area (Å²) < 4.78 is 0. The average Bonchev–Trinajstić information content (AvgIpc) is 2.82. The van der Waals surface area contributed by atoms with Crippen LogP contribution in [0.25, 0.3) is 0 Å². The molecule has 0 aromatic carbocycles. The SMILES string of the molecule is CCCNCc1cnc(N2CCC(C)C(C)C2)s1. The van der Waals surface area contributed by atoms with E-state index in [0.717, 1.165) is 31.5 Å². The van der Waals surface area contributed by atoms with Gasteiger partial charge in [-0.1, -0.05) is 20.8 Å². The molecule has 1 aromatic heterocycles. The molecule has 0 aliphatic carbocycles. The van der Waals surface area contributed by atoms with Crippen molar-refractivity contribution in [1.82, 2.24) is 10.3 Å². The van der Waals surface area contributed by atoms with Crippen LogP contribution in [0.4, 0.5) is 5.13 Å². The van der Waals surface area contributed by atoms with E-state index in [1.165, 1.54) is 29.4 Å². The highest BCUT2D eigenvalue weighted by Gasteiger charge is 2.24. The number of nitrogens with one attached hydrogen (secondary N) is 1. The molecule has 0 saturated carbocycles. The summed E-state index contributed by atoms with van der Waals surface area (Å²) in [5.74, 6) is 1.64. The molecule has 1 fully saturated rings. The van der Waals surface area contributed by atoms with Crippen LogP contribution in [0.1, 0.15) is 38.5 Å². The molecule has 1 N–H and O–H groups in total. The van der Waals surface area contributed by atoms with Gasteiger partial charge in [0.2, 0.25) is 0 Å². The summed E-state index contributed by atoms with van der Waals surface area (Å²) >= 11 is 1.85. The maximum Gasteiger partial charge on any atom is 0.185 e. The van der Waals surface area contributed by atoms with E-state index in [1.54, 1.807) is 0 Å². The predicted octanol–water partition coefficient (Wildman–Crippen LogP) is 3.13. The Morgan fingerprint density at radius 2 is 2.28 bits per heavy atom. The van der Waals surface area contributed by atoms with Crippen molar-refractivity contribution in [2.24, 2.45) is 11.8 Å². The zero-order valence-corrected chi connectivity index (χ0v) is 12.6. The molecule has 2 unspecified atom stereocenters. The van der Waals surface area contributed by atoms with Crippen molar-refractivity contribution < 1.29 is 0 Å². The molecule has 3 nitrogen and oxygen atoms in total. The Hall–Kier alpha value is -0.610. The summed E-state index contributed by atoms with van der Waals surface area (Å²) in [6, 6.07) is 0. The molecular weight excluding hydrogens is 242 g/mol. The highest BCUT2D eigenvalue weighted by Crippen LogP contribution is 2.29. The smallest absolute Gasteiger partial charge is 0.185 e. The molecule has 0 bridgehead atoms. The van der Waals surface area contributed by atoms with E-state index in [4.69, 9.17) is 0 Å². The molecule has 0 spiro atoms. The van der Waals surface area contributed by atoms with Crippen molar-refractivity contribution in [1.29, 1.82) is 0 Å². The molecule has 0 radical (unpaired) electrons. The van der Waals surface area contributed by atoms with Crippen LogP contribution in [0, 0.1) is 11.8 Å².